The van der Waals surface area contributed by atoms with E-state index < -0.39 is 28.1 Å². The number of nitrogens with two attached hydrogens (primary N) is 1. The number of halogens is 1. The topological polar surface area (TPSA) is 99.4 Å². The van der Waals surface area contributed by atoms with Crippen LogP contribution in [0.3, 0.4) is 0 Å². The standard InChI is InChI=1S/C8H9FN2O4S/c1-16(13,14)15-6(8(10)12)5-3-2-4-11-7(5)9/h2-4,6H,1H3,(H2,10,12). The lowest BCUT2D eigenvalue weighted by Crippen LogP contribution is -2.26. The molecular formula is C8H9FN2O4S. The fourth-order valence-corrected chi connectivity index (χ4v) is 1.57. The van der Waals surface area contributed by atoms with E-state index in [1.807, 2.05) is 0 Å². The minimum absolute atomic E-state index is 0.319. The van der Waals surface area contributed by atoms with E-state index in [0.29, 0.717) is 0 Å². The van der Waals surface area contributed by atoms with Crippen molar-refractivity contribution in [3.63, 3.8) is 0 Å². The fraction of sp³-hybridized carbons (Fsp3) is 0.250. The maximum atomic E-state index is 13.2. The van der Waals surface area contributed by atoms with Crippen molar-refractivity contribution in [2.24, 2.45) is 5.73 Å². The first-order chi connectivity index (χ1) is 7.31. The van der Waals surface area contributed by atoms with Crippen molar-refractivity contribution in [2.75, 3.05) is 6.26 Å². The van der Waals surface area contributed by atoms with Crippen LogP contribution in [0, 0.1) is 5.95 Å². The molecule has 1 amide bonds. The summed E-state index contributed by atoms with van der Waals surface area (Å²) in [7, 11) is -3.93. The number of nitrogens with zero attached hydrogens (tertiary/aromatic N) is 1. The van der Waals surface area contributed by atoms with E-state index >= 15 is 0 Å². The summed E-state index contributed by atoms with van der Waals surface area (Å²) in [5.41, 5.74) is 4.60. The number of hydrogen-bond acceptors (Lipinski definition) is 5. The molecule has 8 heteroatoms. The van der Waals surface area contributed by atoms with Gasteiger partial charge in [0.25, 0.3) is 16.0 Å². The van der Waals surface area contributed by atoms with Gasteiger partial charge in [0.15, 0.2) is 6.10 Å². The van der Waals surface area contributed by atoms with Gasteiger partial charge in [-0.15, -0.1) is 0 Å². The van der Waals surface area contributed by atoms with E-state index in [4.69, 9.17) is 5.73 Å². The molecule has 0 aliphatic carbocycles. The third-order valence-corrected chi connectivity index (χ3v) is 2.14. The van der Waals surface area contributed by atoms with Crippen molar-refractivity contribution in [3.05, 3.63) is 29.8 Å². The second kappa shape index (κ2) is 4.54. The molecule has 1 atom stereocenters. The molecule has 1 unspecified atom stereocenters. The maximum Gasteiger partial charge on any atom is 0.265 e. The molecular weight excluding hydrogens is 239 g/mol. The SMILES string of the molecule is CS(=O)(=O)OC(C(N)=O)c1cccnc1F. The molecule has 6 nitrogen and oxygen atoms in total. The van der Waals surface area contributed by atoms with Crippen LogP contribution in [0.25, 0.3) is 0 Å². The Hall–Kier alpha value is -1.54. The number of aromatic nitrogens is 1. The quantitative estimate of drug-likeness (QED) is 0.583. The van der Waals surface area contributed by atoms with E-state index in [2.05, 4.69) is 9.17 Å². The summed E-state index contributed by atoms with van der Waals surface area (Å²) in [4.78, 5) is 14.2. The first-order valence-electron chi connectivity index (χ1n) is 4.09. The molecule has 88 valence electrons. The Labute approximate surface area is 91.4 Å². The number of hydrogen-bond donors (Lipinski definition) is 1. The molecule has 0 bridgehead atoms. The van der Waals surface area contributed by atoms with E-state index in [1.165, 1.54) is 12.1 Å². The molecule has 1 rings (SSSR count). The van der Waals surface area contributed by atoms with E-state index in [0.717, 1.165) is 12.5 Å². The third-order valence-electron chi connectivity index (χ3n) is 1.60. The Kier molecular flexibility index (Phi) is 3.55. The van der Waals surface area contributed by atoms with Gasteiger partial charge in [-0.05, 0) is 12.1 Å². The van der Waals surface area contributed by atoms with Crippen molar-refractivity contribution in [3.8, 4) is 0 Å². The molecule has 0 radical (unpaired) electrons. The summed E-state index contributed by atoms with van der Waals surface area (Å²) in [5, 5.41) is 0. The van der Waals surface area contributed by atoms with E-state index in [9.17, 15) is 17.6 Å². The minimum atomic E-state index is -3.93. The highest BCUT2D eigenvalue weighted by atomic mass is 32.2. The van der Waals surface area contributed by atoms with Crippen LogP contribution in [0.15, 0.2) is 18.3 Å². The molecule has 1 aromatic heterocycles. The number of carbonyl (C=O) groups is 1. The normalized spacial score (nSPS) is 13.4. The van der Waals surface area contributed by atoms with Crippen molar-refractivity contribution in [1.82, 2.24) is 4.98 Å². The van der Waals surface area contributed by atoms with Gasteiger partial charge in [0, 0.05) is 11.8 Å². The van der Waals surface area contributed by atoms with Crippen LogP contribution < -0.4 is 5.73 Å². The highest BCUT2D eigenvalue weighted by Crippen LogP contribution is 2.20. The number of rotatable bonds is 4. The molecule has 0 fully saturated rings. The van der Waals surface area contributed by atoms with Gasteiger partial charge >= 0.3 is 0 Å². The Bertz CT molecular complexity index is 503. The van der Waals surface area contributed by atoms with Gasteiger partial charge in [-0.1, -0.05) is 0 Å². The minimum Gasteiger partial charge on any atom is -0.367 e. The summed E-state index contributed by atoms with van der Waals surface area (Å²) in [6.45, 7) is 0. The van der Waals surface area contributed by atoms with Crippen LogP contribution in [-0.2, 0) is 19.1 Å². The van der Waals surface area contributed by atoms with Crippen molar-refractivity contribution in [2.45, 2.75) is 6.10 Å². The lowest BCUT2D eigenvalue weighted by atomic mass is 10.1. The molecule has 0 saturated heterocycles. The molecule has 2 N–H and O–H groups in total. The van der Waals surface area contributed by atoms with Gasteiger partial charge in [-0.2, -0.15) is 12.8 Å². The molecule has 0 spiro atoms. The Morgan fingerprint density at radius 2 is 2.25 bits per heavy atom. The highest BCUT2D eigenvalue weighted by molar-refractivity contribution is 7.86. The molecule has 16 heavy (non-hydrogen) atoms. The highest BCUT2D eigenvalue weighted by Gasteiger charge is 2.26. The van der Waals surface area contributed by atoms with Gasteiger partial charge in [0.1, 0.15) is 0 Å². The second-order valence-corrected chi connectivity index (χ2v) is 4.57. The lowest BCUT2D eigenvalue weighted by Gasteiger charge is -2.12. The van der Waals surface area contributed by atoms with Crippen LogP contribution in [-0.4, -0.2) is 25.6 Å². The monoisotopic (exact) mass is 248 g/mol. The predicted octanol–water partition coefficient (Wildman–Crippen LogP) is -0.277. The first-order valence-corrected chi connectivity index (χ1v) is 5.91. The summed E-state index contributed by atoms with van der Waals surface area (Å²) in [6, 6.07) is 2.50. The van der Waals surface area contributed by atoms with Crippen LogP contribution >= 0.6 is 0 Å². The maximum absolute atomic E-state index is 13.2. The van der Waals surface area contributed by atoms with Crippen LogP contribution in [0.5, 0.6) is 0 Å². The average molecular weight is 248 g/mol. The summed E-state index contributed by atoms with van der Waals surface area (Å²) in [5.74, 6) is -2.12. The van der Waals surface area contributed by atoms with Gasteiger partial charge in [-0.3, -0.25) is 8.98 Å². The smallest absolute Gasteiger partial charge is 0.265 e. The van der Waals surface area contributed by atoms with Gasteiger partial charge in [0.05, 0.1) is 6.26 Å². The van der Waals surface area contributed by atoms with Crippen molar-refractivity contribution in [1.29, 1.82) is 0 Å². The van der Waals surface area contributed by atoms with Gasteiger partial charge < -0.3 is 5.73 Å². The van der Waals surface area contributed by atoms with Crippen LogP contribution in [0.2, 0.25) is 0 Å². The Balaban J connectivity index is 3.14. The van der Waals surface area contributed by atoms with Crippen LogP contribution in [0.4, 0.5) is 4.39 Å². The zero-order chi connectivity index (χ0) is 12.3. The molecule has 0 aliphatic heterocycles. The summed E-state index contributed by atoms with van der Waals surface area (Å²) in [6.07, 6.45) is 0.179. The van der Waals surface area contributed by atoms with Gasteiger partial charge in [0.2, 0.25) is 5.95 Å². The van der Waals surface area contributed by atoms with E-state index in [-0.39, 0.29) is 5.56 Å². The molecule has 0 aliphatic rings. The molecule has 0 aromatic carbocycles. The third kappa shape index (κ3) is 3.24. The molecule has 1 aromatic rings. The van der Waals surface area contributed by atoms with Crippen molar-refractivity contribution >= 4 is 16.0 Å². The van der Waals surface area contributed by atoms with Gasteiger partial charge in [-0.25, -0.2) is 4.98 Å². The zero-order valence-electron chi connectivity index (χ0n) is 8.25. The zero-order valence-corrected chi connectivity index (χ0v) is 9.07. The number of carbonyl (C=O) groups excluding carboxylic acids is 1. The fourth-order valence-electron chi connectivity index (χ4n) is 1.02. The average Bonchev–Trinajstić information content (AvgIpc) is 2.13. The largest absolute Gasteiger partial charge is 0.367 e. The molecule has 1 heterocycles. The van der Waals surface area contributed by atoms with Crippen LogP contribution in [0.1, 0.15) is 11.7 Å². The number of primary amides is 1. The number of pyridine rings is 1. The lowest BCUT2D eigenvalue weighted by molar-refractivity contribution is -0.124. The number of amides is 1. The van der Waals surface area contributed by atoms with Crippen molar-refractivity contribution < 1.29 is 21.8 Å². The summed E-state index contributed by atoms with van der Waals surface area (Å²) < 4.78 is 39.3. The van der Waals surface area contributed by atoms with E-state index in [1.54, 1.807) is 0 Å². The first kappa shape index (κ1) is 12.5. The second-order valence-electron chi connectivity index (χ2n) is 2.97. The predicted molar refractivity (Wildman–Crippen MR) is 52.1 cm³/mol. The molecule has 0 saturated carbocycles. The summed E-state index contributed by atoms with van der Waals surface area (Å²) >= 11 is 0. The Morgan fingerprint density at radius 3 is 2.69 bits per heavy atom. The Morgan fingerprint density at radius 1 is 1.62 bits per heavy atom.